The molecule has 0 aromatic carbocycles. The quantitative estimate of drug-likeness (QED) is 0.906. The highest BCUT2D eigenvalue weighted by atomic mass is 15.2. The van der Waals surface area contributed by atoms with Crippen LogP contribution in [0.5, 0.6) is 0 Å². The van der Waals surface area contributed by atoms with Gasteiger partial charge >= 0.3 is 0 Å². The predicted molar refractivity (Wildman–Crippen MR) is 80.0 cm³/mol. The fraction of sp³-hybridized carbons (Fsp3) is 0.688. The number of hydrogen-bond acceptors (Lipinski definition) is 3. The van der Waals surface area contributed by atoms with E-state index in [0.717, 1.165) is 12.0 Å². The molecular weight excluding hydrogens is 234 g/mol. The zero-order valence-electron chi connectivity index (χ0n) is 12.5. The van der Waals surface area contributed by atoms with Crippen molar-refractivity contribution in [2.24, 2.45) is 5.73 Å². The Kier molecular flexibility index (Phi) is 4.58. The van der Waals surface area contributed by atoms with Crippen LogP contribution in [0.15, 0.2) is 18.5 Å². The van der Waals surface area contributed by atoms with Crippen molar-refractivity contribution in [1.82, 2.24) is 9.88 Å². The van der Waals surface area contributed by atoms with Crippen molar-refractivity contribution in [1.29, 1.82) is 0 Å². The van der Waals surface area contributed by atoms with E-state index in [0.29, 0.717) is 0 Å². The van der Waals surface area contributed by atoms with Crippen LogP contribution in [0.1, 0.15) is 56.7 Å². The van der Waals surface area contributed by atoms with Gasteiger partial charge in [0.05, 0.1) is 0 Å². The van der Waals surface area contributed by atoms with Gasteiger partial charge in [-0.25, -0.2) is 0 Å². The lowest BCUT2D eigenvalue weighted by atomic mass is 9.82. The van der Waals surface area contributed by atoms with Gasteiger partial charge in [-0.2, -0.15) is 0 Å². The number of hydrogen-bond donors (Lipinski definition) is 1. The molecule has 0 saturated carbocycles. The summed E-state index contributed by atoms with van der Waals surface area (Å²) < 4.78 is 0. The molecule has 3 heteroatoms. The number of nitrogens with two attached hydrogens (primary N) is 1. The lowest BCUT2D eigenvalue weighted by Gasteiger charge is -2.46. The third kappa shape index (κ3) is 2.98. The summed E-state index contributed by atoms with van der Waals surface area (Å²) in [5.41, 5.74) is 8.99. The van der Waals surface area contributed by atoms with E-state index in [4.69, 9.17) is 5.73 Å². The minimum atomic E-state index is 0.0306. The fourth-order valence-corrected chi connectivity index (χ4v) is 3.15. The maximum absolute atomic E-state index is 6.60. The van der Waals surface area contributed by atoms with Gasteiger partial charge in [-0.3, -0.25) is 9.88 Å². The average molecular weight is 261 g/mol. The van der Waals surface area contributed by atoms with Crippen molar-refractivity contribution >= 4 is 0 Å². The molecule has 2 N–H and O–H groups in total. The van der Waals surface area contributed by atoms with Gasteiger partial charge in [0.15, 0.2) is 0 Å². The van der Waals surface area contributed by atoms with E-state index in [1.54, 1.807) is 0 Å². The molecule has 0 radical (unpaired) electrons. The van der Waals surface area contributed by atoms with E-state index in [1.807, 2.05) is 12.4 Å². The molecule has 0 aliphatic carbocycles. The van der Waals surface area contributed by atoms with Crippen molar-refractivity contribution < 1.29 is 0 Å². The van der Waals surface area contributed by atoms with E-state index in [2.05, 4.69) is 36.7 Å². The number of piperidine rings is 1. The third-order valence-corrected chi connectivity index (χ3v) is 4.72. The molecule has 3 nitrogen and oxygen atoms in total. The van der Waals surface area contributed by atoms with Crippen LogP contribution < -0.4 is 5.73 Å². The number of nitrogens with zero attached hydrogens (tertiary/aromatic N) is 2. The van der Waals surface area contributed by atoms with E-state index in [9.17, 15) is 0 Å². The molecule has 0 bridgehead atoms. The standard InChI is InChI=1S/C16H27N3/c1-4-16(3,19-8-6-5-7-9-19)15(17)14-10-13(2)11-18-12-14/h10-12,15H,4-9,17H2,1-3H3. The van der Waals surface area contributed by atoms with Crippen LogP contribution >= 0.6 is 0 Å². The Morgan fingerprint density at radius 2 is 2.00 bits per heavy atom. The molecule has 2 heterocycles. The van der Waals surface area contributed by atoms with Crippen LogP contribution in [-0.4, -0.2) is 28.5 Å². The van der Waals surface area contributed by atoms with Crippen LogP contribution in [0, 0.1) is 6.92 Å². The first-order valence-electron chi connectivity index (χ1n) is 7.50. The Bertz CT molecular complexity index is 412. The molecule has 0 spiro atoms. The van der Waals surface area contributed by atoms with Gasteiger partial charge in [0.25, 0.3) is 0 Å². The van der Waals surface area contributed by atoms with Gasteiger partial charge in [0.1, 0.15) is 0 Å². The maximum Gasteiger partial charge on any atom is 0.0494 e. The van der Waals surface area contributed by atoms with Crippen LogP contribution in [0.2, 0.25) is 0 Å². The highest BCUT2D eigenvalue weighted by Crippen LogP contribution is 2.34. The molecule has 1 saturated heterocycles. The van der Waals surface area contributed by atoms with Gasteiger partial charge in [0, 0.05) is 24.0 Å². The Morgan fingerprint density at radius 1 is 1.32 bits per heavy atom. The monoisotopic (exact) mass is 261 g/mol. The van der Waals surface area contributed by atoms with Crippen molar-refractivity contribution in [2.75, 3.05) is 13.1 Å². The minimum absolute atomic E-state index is 0.0306. The molecule has 2 rings (SSSR count). The SMILES string of the molecule is CCC(C)(C(N)c1cncc(C)c1)N1CCCCC1. The topological polar surface area (TPSA) is 42.1 Å². The minimum Gasteiger partial charge on any atom is -0.322 e. The second kappa shape index (κ2) is 6.02. The molecule has 2 unspecified atom stereocenters. The van der Waals surface area contributed by atoms with Crippen LogP contribution in [-0.2, 0) is 0 Å². The lowest BCUT2D eigenvalue weighted by molar-refractivity contribution is 0.0541. The average Bonchev–Trinajstić information content (AvgIpc) is 2.46. The van der Waals surface area contributed by atoms with Crippen LogP contribution in [0.4, 0.5) is 0 Å². The number of rotatable bonds is 4. The van der Waals surface area contributed by atoms with Crippen molar-refractivity contribution in [2.45, 2.75) is 58.0 Å². The molecule has 2 atom stereocenters. The fourth-order valence-electron chi connectivity index (χ4n) is 3.15. The molecule has 1 aliphatic rings. The van der Waals surface area contributed by atoms with Crippen molar-refractivity contribution in [3.05, 3.63) is 29.6 Å². The Hall–Kier alpha value is -0.930. The number of aryl methyl sites for hydroxylation is 1. The number of likely N-dealkylation sites (tertiary alicyclic amines) is 1. The molecule has 1 aliphatic heterocycles. The van der Waals surface area contributed by atoms with Crippen LogP contribution in [0.3, 0.4) is 0 Å². The van der Waals surface area contributed by atoms with Gasteiger partial charge in [-0.15, -0.1) is 0 Å². The van der Waals surface area contributed by atoms with E-state index < -0.39 is 0 Å². The van der Waals surface area contributed by atoms with Gasteiger partial charge in [-0.05, 0) is 57.3 Å². The van der Waals surface area contributed by atoms with Crippen LogP contribution in [0.25, 0.3) is 0 Å². The number of pyridine rings is 1. The molecular formula is C16H27N3. The third-order valence-electron chi connectivity index (χ3n) is 4.72. The molecule has 1 aromatic rings. The summed E-state index contributed by atoms with van der Waals surface area (Å²) >= 11 is 0. The molecule has 1 fully saturated rings. The Balaban J connectivity index is 2.24. The summed E-state index contributed by atoms with van der Waals surface area (Å²) in [5.74, 6) is 0. The first kappa shape index (κ1) is 14.5. The summed E-state index contributed by atoms with van der Waals surface area (Å²) in [7, 11) is 0. The summed E-state index contributed by atoms with van der Waals surface area (Å²) in [6.07, 6.45) is 8.85. The van der Waals surface area contributed by atoms with Gasteiger partial charge in [-0.1, -0.05) is 19.4 Å². The molecule has 106 valence electrons. The zero-order chi connectivity index (χ0) is 13.9. The molecule has 1 aromatic heterocycles. The first-order valence-corrected chi connectivity index (χ1v) is 7.50. The zero-order valence-corrected chi connectivity index (χ0v) is 12.5. The summed E-state index contributed by atoms with van der Waals surface area (Å²) in [5, 5.41) is 0. The lowest BCUT2D eigenvalue weighted by Crippen LogP contribution is -2.54. The highest BCUT2D eigenvalue weighted by Gasteiger charge is 2.37. The molecule has 19 heavy (non-hydrogen) atoms. The summed E-state index contributed by atoms with van der Waals surface area (Å²) in [6, 6.07) is 2.21. The second-order valence-corrected chi connectivity index (χ2v) is 6.03. The highest BCUT2D eigenvalue weighted by molar-refractivity contribution is 5.23. The van der Waals surface area contributed by atoms with E-state index in [-0.39, 0.29) is 11.6 Å². The Morgan fingerprint density at radius 3 is 2.58 bits per heavy atom. The largest absolute Gasteiger partial charge is 0.322 e. The predicted octanol–water partition coefficient (Wildman–Crippen LogP) is 3.04. The number of aromatic nitrogens is 1. The van der Waals surface area contributed by atoms with Gasteiger partial charge < -0.3 is 5.73 Å². The normalized spacial score (nSPS) is 21.9. The van der Waals surface area contributed by atoms with Crippen molar-refractivity contribution in [3.63, 3.8) is 0 Å². The Labute approximate surface area is 117 Å². The first-order chi connectivity index (χ1) is 9.08. The van der Waals surface area contributed by atoms with Gasteiger partial charge in [0.2, 0.25) is 0 Å². The molecule has 0 amide bonds. The van der Waals surface area contributed by atoms with Crippen molar-refractivity contribution in [3.8, 4) is 0 Å². The second-order valence-electron chi connectivity index (χ2n) is 6.03. The summed E-state index contributed by atoms with van der Waals surface area (Å²) in [4.78, 5) is 6.89. The van der Waals surface area contributed by atoms with E-state index >= 15 is 0 Å². The maximum atomic E-state index is 6.60. The summed E-state index contributed by atoms with van der Waals surface area (Å²) in [6.45, 7) is 8.99. The van der Waals surface area contributed by atoms with E-state index in [1.165, 1.54) is 37.9 Å². The smallest absolute Gasteiger partial charge is 0.0494 e.